The lowest BCUT2D eigenvalue weighted by Crippen LogP contribution is -2.34. The molecule has 25 heavy (non-hydrogen) atoms. The molecule has 0 saturated carbocycles. The van der Waals surface area contributed by atoms with Gasteiger partial charge in [-0.3, -0.25) is 9.36 Å². The van der Waals surface area contributed by atoms with Crippen LogP contribution in [0.4, 0.5) is 5.69 Å². The highest BCUT2D eigenvalue weighted by atomic mass is 16.1. The number of rotatable bonds is 5. The first kappa shape index (κ1) is 15.4. The van der Waals surface area contributed by atoms with Crippen LogP contribution in [0.15, 0.2) is 61.2 Å². The third kappa shape index (κ3) is 3.24. The lowest BCUT2D eigenvalue weighted by Gasteiger charge is -2.19. The molecule has 1 aliphatic heterocycles. The number of carbonyl (C=O) groups is 1. The molecule has 1 N–H and O–H groups in total. The first-order chi connectivity index (χ1) is 12.3. The Balaban J connectivity index is 1.36. The van der Waals surface area contributed by atoms with E-state index in [0.717, 1.165) is 25.2 Å². The van der Waals surface area contributed by atoms with E-state index in [1.165, 1.54) is 11.3 Å². The molecule has 0 saturated heterocycles. The predicted octanol–water partition coefficient (Wildman–Crippen LogP) is 2.06. The van der Waals surface area contributed by atoms with Crippen molar-refractivity contribution in [3.63, 3.8) is 0 Å². The van der Waals surface area contributed by atoms with Gasteiger partial charge in [0, 0.05) is 36.6 Å². The molecule has 2 heterocycles. The van der Waals surface area contributed by atoms with E-state index in [-0.39, 0.29) is 5.91 Å². The summed E-state index contributed by atoms with van der Waals surface area (Å²) >= 11 is 0. The highest BCUT2D eigenvalue weighted by Crippen LogP contribution is 2.26. The van der Waals surface area contributed by atoms with Crippen molar-refractivity contribution in [2.24, 2.45) is 0 Å². The van der Waals surface area contributed by atoms with E-state index in [2.05, 4.69) is 44.7 Å². The summed E-state index contributed by atoms with van der Waals surface area (Å²) in [6.45, 7) is 2.44. The zero-order chi connectivity index (χ0) is 17.1. The number of anilines is 1. The first-order valence-electron chi connectivity index (χ1n) is 8.37. The van der Waals surface area contributed by atoms with Gasteiger partial charge in [-0.05, 0) is 36.2 Å². The zero-order valence-corrected chi connectivity index (χ0v) is 13.8. The van der Waals surface area contributed by atoms with E-state index in [1.807, 2.05) is 24.3 Å². The van der Waals surface area contributed by atoms with Crippen LogP contribution in [-0.2, 0) is 6.42 Å². The van der Waals surface area contributed by atoms with Gasteiger partial charge >= 0.3 is 0 Å². The molecular formula is C19H19N5O. The molecule has 6 nitrogen and oxygen atoms in total. The van der Waals surface area contributed by atoms with Crippen molar-refractivity contribution < 1.29 is 4.79 Å². The van der Waals surface area contributed by atoms with Gasteiger partial charge in [-0.1, -0.05) is 24.3 Å². The van der Waals surface area contributed by atoms with Crippen LogP contribution in [0.2, 0.25) is 0 Å². The summed E-state index contributed by atoms with van der Waals surface area (Å²) < 4.78 is 1.78. The second-order valence-corrected chi connectivity index (χ2v) is 6.04. The Kier molecular flexibility index (Phi) is 4.16. The highest BCUT2D eigenvalue weighted by molar-refractivity contribution is 5.94. The molecule has 0 atom stereocenters. The smallest absolute Gasteiger partial charge is 0.251 e. The lowest BCUT2D eigenvalue weighted by molar-refractivity contribution is 0.0954. The SMILES string of the molecule is O=C(NCCN1CCc2ccccc21)c1cccc(-n2cnnc2)c1. The third-order valence-electron chi connectivity index (χ3n) is 4.48. The predicted molar refractivity (Wildman–Crippen MR) is 96.1 cm³/mol. The maximum Gasteiger partial charge on any atom is 0.251 e. The summed E-state index contributed by atoms with van der Waals surface area (Å²) in [4.78, 5) is 14.7. The van der Waals surface area contributed by atoms with Crippen molar-refractivity contribution in [3.8, 4) is 5.69 Å². The number of para-hydroxylation sites is 1. The molecular weight excluding hydrogens is 314 g/mol. The fraction of sp³-hybridized carbons (Fsp3) is 0.211. The van der Waals surface area contributed by atoms with E-state index >= 15 is 0 Å². The van der Waals surface area contributed by atoms with Crippen molar-refractivity contribution in [3.05, 3.63) is 72.3 Å². The second kappa shape index (κ2) is 6.76. The van der Waals surface area contributed by atoms with Crippen LogP contribution in [0.3, 0.4) is 0 Å². The van der Waals surface area contributed by atoms with E-state index in [1.54, 1.807) is 17.2 Å². The molecule has 6 heteroatoms. The second-order valence-electron chi connectivity index (χ2n) is 6.04. The highest BCUT2D eigenvalue weighted by Gasteiger charge is 2.17. The average molecular weight is 333 g/mol. The maximum absolute atomic E-state index is 12.4. The molecule has 1 aromatic heterocycles. The number of nitrogens with one attached hydrogen (secondary N) is 1. The van der Waals surface area contributed by atoms with Gasteiger partial charge in [0.2, 0.25) is 0 Å². The van der Waals surface area contributed by atoms with Crippen LogP contribution >= 0.6 is 0 Å². The number of benzene rings is 2. The molecule has 2 aromatic carbocycles. The monoisotopic (exact) mass is 333 g/mol. The number of fused-ring (bicyclic) bond motifs is 1. The van der Waals surface area contributed by atoms with Crippen LogP contribution < -0.4 is 10.2 Å². The topological polar surface area (TPSA) is 63.1 Å². The first-order valence-corrected chi connectivity index (χ1v) is 8.37. The number of amides is 1. The Morgan fingerprint density at radius 2 is 1.92 bits per heavy atom. The minimum atomic E-state index is -0.0672. The van der Waals surface area contributed by atoms with E-state index in [0.29, 0.717) is 12.1 Å². The molecule has 0 unspecified atom stereocenters. The average Bonchev–Trinajstić information content (AvgIpc) is 3.32. The van der Waals surface area contributed by atoms with Crippen LogP contribution in [0.1, 0.15) is 15.9 Å². The summed E-state index contributed by atoms with van der Waals surface area (Å²) in [7, 11) is 0. The van der Waals surface area contributed by atoms with Gasteiger partial charge in [0.25, 0.3) is 5.91 Å². The molecule has 126 valence electrons. The van der Waals surface area contributed by atoms with Gasteiger partial charge < -0.3 is 10.2 Å². The Hall–Kier alpha value is -3.15. The Labute approximate surface area is 146 Å². The van der Waals surface area contributed by atoms with Gasteiger partial charge in [-0.2, -0.15) is 0 Å². The number of aromatic nitrogens is 3. The van der Waals surface area contributed by atoms with Crippen molar-refractivity contribution in [2.45, 2.75) is 6.42 Å². The Morgan fingerprint density at radius 3 is 2.80 bits per heavy atom. The number of nitrogens with zero attached hydrogens (tertiary/aromatic N) is 4. The van der Waals surface area contributed by atoms with Crippen LogP contribution in [0, 0.1) is 0 Å². The molecule has 4 rings (SSSR count). The maximum atomic E-state index is 12.4. The third-order valence-corrected chi connectivity index (χ3v) is 4.48. The number of hydrogen-bond donors (Lipinski definition) is 1. The van der Waals surface area contributed by atoms with Gasteiger partial charge in [-0.25, -0.2) is 0 Å². The summed E-state index contributed by atoms with van der Waals surface area (Å²) in [5.74, 6) is -0.0672. The van der Waals surface area contributed by atoms with Crippen LogP contribution in [0.5, 0.6) is 0 Å². The standard InChI is InChI=1S/C19H19N5O/c25-19(16-5-3-6-17(12-16)24-13-21-22-14-24)20-9-11-23-10-8-15-4-1-2-7-18(15)23/h1-7,12-14H,8-11H2,(H,20,25). The van der Waals surface area contributed by atoms with Crippen LogP contribution in [-0.4, -0.2) is 40.3 Å². The fourth-order valence-corrected chi connectivity index (χ4v) is 3.19. The van der Waals surface area contributed by atoms with Gasteiger partial charge in [0.05, 0.1) is 0 Å². The van der Waals surface area contributed by atoms with Crippen LogP contribution in [0.25, 0.3) is 5.69 Å². The van der Waals surface area contributed by atoms with Gasteiger partial charge in [-0.15, -0.1) is 10.2 Å². The number of hydrogen-bond acceptors (Lipinski definition) is 4. The Bertz CT molecular complexity index is 875. The van der Waals surface area contributed by atoms with E-state index in [4.69, 9.17) is 0 Å². The molecule has 0 spiro atoms. The largest absolute Gasteiger partial charge is 0.369 e. The minimum absolute atomic E-state index is 0.0672. The van der Waals surface area contributed by atoms with Crippen molar-refractivity contribution in [2.75, 3.05) is 24.5 Å². The zero-order valence-electron chi connectivity index (χ0n) is 13.8. The van der Waals surface area contributed by atoms with E-state index < -0.39 is 0 Å². The lowest BCUT2D eigenvalue weighted by atomic mass is 10.2. The van der Waals surface area contributed by atoms with Gasteiger partial charge in [0.15, 0.2) is 0 Å². The van der Waals surface area contributed by atoms with E-state index in [9.17, 15) is 4.79 Å². The molecule has 3 aromatic rings. The molecule has 1 amide bonds. The Morgan fingerprint density at radius 1 is 1.08 bits per heavy atom. The molecule has 0 bridgehead atoms. The van der Waals surface area contributed by atoms with Crippen molar-refractivity contribution in [1.82, 2.24) is 20.1 Å². The fourth-order valence-electron chi connectivity index (χ4n) is 3.19. The summed E-state index contributed by atoms with van der Waals surface area (Å²) in [5, 5.41) is 10.6. The molecule has 0 fully saturated rings. The summed E-state index contributed by atoms with van der Waals surface area (Å²) in [5.41, 5.74) is 4.17. The summed E-state index contributed by atoms with van der Waals surface area (Å²) in [6, 6.07) is 15.9. The molecule has 0 radical (unpaired) electrons. The number of carbonyl (C=O) groups excluding carboxylic acids is 1. The van der Waals surface area contributed by atoms with Crippen molar-refractivity contribution >= 4 is 11.6 Å². The molecule has 1 aliphatic rings. The quantitative estimate of drug-likeness (QED) is 0.776. The van der Waals surface area contributed by atoms with Gasteiger partial charge in [0.1, 0.15) is 12.7 Å². The summed E-state index contributed by atoms with van der Waals surface area (Å²) in [6.07, 6.45) is 4.30. The normalized spacial score (nSPS) is 12.9. The van der Waals surface area contributed by atoms with Crippen molar-refractivity contribution in [1.29, 1.82) is 0 Å². The minimum Gasteiger partial charge on any atom is -0.369 e. The molecule has 0 aliphatic carbocycles.